The van der Waals surface area contributed by atoms with Crippen LogP contribution in [0.1, 0.15) is 5.56 Å². The number of hydrogen-bond donors (Lipinski definition) is 1. The van der Waals surface area contributed by atoms with Gasteiger partial charge in [-0.1, -0.05) is 23.7 Å². The minimum Gasteiger partial charge on any atom is -0.448 e. The fourth-order valence-corrected chi connectivity index (χ4v) is 2.20. The molecule has 20 heavy (non-hydrogen) atoms. The van der Waals surface area contributed by atoms with Gasteiger partial charge in [-0.05, 0) is 34.1 Å². The van der Waals surface area contributed by atoms with Gasteiger partial charge in [0.15, 0.2) is 0 Å². The van der Waals surface area contributed by atoms with Crippen molar-refractivity contribution in [3.8, 4) is 11.5 Å². The number of benzene rings is 2. The lowest BCUT2D eigenvalue weighted by Crippen LogP contribution is -1.97. The Kier molecular flexibility index (Phi) is 4.59. The number of halogens is 2. The van der Waals surface area contributed by atoms with E-state index >= 15 is 0 Å². The first-order valence-electron chi connectivity index (χ1n) is 5.53. The SMILES string of the molecule is O=[N+]([O-])c1cccc(Br)c1Oc1cc(Cl)ccc1CO. The van der Waals surface area contributed by atoms with Crippen LogP contribution in [0.15, 0.2) is 40.9 Å². The predicted octanol–water partition coefficient (Wildman–Crippen LogP) is 4.30. The molecule has 0 spiro atoms. The second kappa shape index (κ2) is 6.21. The highest BCUT2D eigenvalue weighted by Gasteiger charge is 2.19. The summed E-state index contributed by atoms with van der Waals surface area (Å²) in [4.78, 5) is 10.5. The molecule has 0 aromatic heterocycles. The maximum Gasteiger partial charge on any atom is 0.312 e. The molecular weight excluding hydrogens is 350 g/mol. The van der Waals surface area contributed by atoms with Gasteiger partial charge >= 0.3 is 5.69 Å². The number of aliphatic hydroxyl groups excluding tert-OH is 1. The molecule has 0 aliphatic heterocycles. The maximum atomic E-state index is 11.0. The monoisotopic (exact) mass is 357 g/mol. The third-order valence-corrected chi connectivity index (χ3v) is 3.41. The molecule has 0 amide bonds. The van der Waals surface area contributed by atoms with E-state index in [1.807, 2.05) is 0 Å². The Hall–Kier alpha value is -1.63. The first-order valence-corrected chi connectivity index (χ1v) is 6.70. The highest BCUT2D eigenvalue weighted by Crippen LogP contribution is 2.39. The van der Waals surface area contributed by atoms with Crippen LogP contribution in [0, 0.1) is 10.1 Å². The van der Waals surface area contributed by atoms with Crippen molar-refractivity contribution in [1.82, 2.24) is 0 Å². The zero-order valence-electron chi connectivity index (χ0n) is 10.0. The Morgan fingerprint density at radius 2 is 2.10 bits per heavy atom. The standard InChI is InChI=1S/C13H9BrClNO4/c14-10-2-1-3-11(16(18)19)13(10)20-12-6-9(15)5-4-8(12)7-17/h1-6,17H,7H2. The molecule has 2 aromatic rings. The highest BCUT2D eigenvalue weighted by molar-refractivity contribution is 9.10. The van der Waals surface area contributed by atoms with Gasteiger partial charge in [0.1, 0.15) is 5.75 Å². The second-order valence-electron chi connectivity index (χ2n) is 3.86. The molecule has 7 heteroatoms. The number of nitro groups is 1. The van der Waals surface area contributed by atoms with Crippen molar-refractivity contribution in [2.24, 2.45) is 0 Å². The van der Waals surface area contributed by atoms with E-state index in [9.17, 15) is 15.2 Å². The van der Waals surface area contributed by atoms with Gasteiger partial charge < -0.3 is 9.84 Å². The Morgan fingerprint density at radius 1 is 1.35 bits per heavy atom. The van der Waals surface area contributed by atoms with Gasteiger partial charge in [-0.15, -0.1) is 0 Å². The lowest BCUT2D eigenvalue weighted by molar-refractivity contribution is -0.385. The smallest absolute Gasteiger partial charge is 0.312 e. The largest absolute Gasteiger partial charge is 0.448 e. The summed E-state index contributed by atoms with van der Waals surface area (Å²) in [6.45, 7) is -0.259. The zero-order valence-corrected chi connectivity index (χ0v) is 12.4. The summed E-state index contributed by atoms with van der Waals surface area (Å²) in [5.41, 5.74) is 0.308. The Morgan fingerprint density at radius 3 is 2.75 bits per heavy atom. The summed E-state index contributed by atoms with van der Waals surface area (Å²) in [6, 6.07) is 9.21. The molecule has 5 nitrogen and oxygen atoms in total. The van der Waals surface area contributed by atoms with Crippen molar-refractivity contribution in [1.29, 1.82) is 0 Å². The maximum absolute atomic E-state index is 11.0. The van der Waals surface area contributed by atoms with Crippen LogP contribution in [0.3, 0.4) is 0 Å². The molecule has 2 rings (SSSR count). The Balaban J connectivity index is 2.50. The molecule has 2 aromatic carbocycles. The molecule has 0 heterocycles. The second-order valence-corrected chi connectivity index (χ2v) is 5.15. The summed E-state index contributed by atoms with van der Waals surface area (Å²) < 4.78 is 6.01. The van der Waals surface area contributed by atoms with Crippen LogP contribution >= 0.6 is 27.5 Å². The average molecular weight is 359 g/mol. The first kappa shape index (κ1) is 14.8. The van der Waals surface area contributed by atoms with E-state index in [1.54, 1.807) is 24.3 Å². The van der Waals surface area contributed by atoms with E-state index in [-0.39, 0.29) is 23.8 Å². The first-order chi connectivity index (χ1) is 9.52. The average Bonchev–Trinajstić information content (AvgIpc) is 2.41. The predicted molar refractivity (Wildman–Crippen MR) is 78.2 cm³/mol. The number of nitro benzene ring substituents is 1. The summed E-state index contributed by atoms with van der Waals surface area (Å²) in [5.74, 6) is 0.337. The quantitative estimate of drug-likeness (QED) is 0.653. The van der Waals surface area contributed by atoms with Crippen LogP contribution in [0.5, 0.6) is 11.5 Å². The Bertz CT molecular complexity index is 663. The van der Waals surface area contributed by atoms with E-state index < -0.39 is 4.92 Å². The third-order valence-electron chi connectivity index (χ3n) is 2.55. The molecule has 0 aliphatic carbocycles. The summed E-state index contributed by atoms with van der Waals surface area (Å²) >= 11 is 9.09. The number of hydrogen-bond acceptors (Lipinski definition) is 4. The summed E-state index contributed by atoms with van der Waals surface area (Å²) in [7, 11) is 0. The number of aliphatic hydroxyl groups is 1. The van der Waals surface area contributed by atoms with E-state index in [4.69, 9.17) is 16.3 Å². The van der Waals surface area contributed by atoms with E-state index in [0.717, 1.165) is 0 Å². The van der Waals surface area contributed by atoms with Crippen LogP contribution in [-0.2, 0) is 6.61 Å². The fraction of sp³-hybridized carbons (Fsp3) is 0.0769. The van der Waals surface area contributed by atoms with Gasteiger partial charge in [0.2, 0.25) is 5.75 Å². The van der Waals surface area contributed by atoms with Crippen molar-refractivity contribution in [2.75, 3.05) is 0 Å². The Labute approximate surface area is 128 Å². The van der Waals surface area contributed by atoms with Crippen LogP contribution in [0.25, 0.3) is 0 Å². The topological polar surface area (TPSA) is 72.6 Å². The normalized spacial score (nSPS) is 10.3. The molecule has 0 atom stereocenters. The molecular formula is C13H9BrClNO4. The highest BCUT2D eigenvalue weighted by atomic mass is 79.9. The van der Waals surface area contributed by atoms with Crippen molar-refractivity contribution in [3.05, 3.63) is 61.6 Å². The van der Waals surface area contributed by atoms with Crippen molar-refractivity contribution in [2.45, 2.75) is 6.61 Å². The van der Waals surface area contributed by atoms with Gasteiger partial charge in [0, 0.05) is 16.7 Å². The van der Waals surface area contributed by atoms with Crippen molar-refractivity contribution >= 4 is 33.2 Å². The third kappa shape index (κ3) is 3.09. The van der Waals surface area contributed by atoms with Gasteiger partial charge in [-0.25, -0.2) is 0 Å². The fourth-order valence-electron chi connectivity index (χ4n) is 1.61. The van der Waals surface area contributed by atoms with Crippen LogP contribution < -0.4 is 4.74 Å². The molecule has 0 fully saturated rings. The van der Waals surface area contributed by atoms with Gasteiger partial charge in [0.05, 0.1) is 16.0 Å². The van der Waals surface area contributed by atoms with E-state index in [0.29, 0.717) is 15.1 Å². The van der Waals surface area contributed by atoms with Gasteiger partial charge in [-0.3, -0.25) is 10.1 Å². The van der Waals surface area contributed by atoms with Crippen LogP contribution in [0.4, 0.5) is 5.69 Å². The lowest BCUT2D eigenvalue weighted by Gasteiger charge is -2.11. The minimum absolute atomic E-state index is 0.0643. The number of ether oxygens (including phenoxy) is 1. The molecule has 0 saturated carbocycles. The number of para-hydroxylation sites is 1. The summed E-state index contributed by atoms with van der Waals surface area (Å²) in [5, 5.41) is 20.7. The van der Waals surface area contributed by atoms with E-state index in [1.165, 1.54) is 12.1 Å². The lowest BCUT2D eigenvalue weighted by atomic mass is 10.2. The van der Waals surface area contributed by atoms with E-state index in [2.05, 4.69) is 15.9 Å². The molecule has 0 bridgehead atoms. The number of rotatable bonds is 4. The molecule has 0 radical (unpaired) electrons. The van der Waals surface area contributed by atoms with Crippen LogP contribution in [0.2, 0.25) is 5.02 Å². The zero-order chi connectivity index (χ0) is 14.7. The molecule has 0 aliphatic rings. The molecule has 1 N–H and O–H groups in total. The van der Waals surface area contributed by atoms with Gasteiger partial charge in [-0.2, -0.15) is 0 Å². The molecule has 0 unspecified atom stereocenters. The minimum atomic E-state index is -0.538. The summed E-state index contributed by atoms with van der Waals surface area (Å²) in [6.07, 6.45) is 0. The number of nitrogens with zero attached hydrogens (tertiary/aromatic N) is 1. The molecule has 0 saturated heterocycles. The van der Waals surface area contributed by atoms with Crippen molar-refractivity contribution < 1.29 is 14.8 Å². The molecule has 104 valence electrons. The van der Waals surface area contributed by atoms with Crippen molar-refractivity contribution in [3.63, 3.8) is 0 Å². The van der Waals surface area contributed by atoms with Crippen LogP contribution in [-0.4, -0.2) is 10.0 Å². The van der Waals surface area contributed by atoms with Gasteiger partial charge in [0.25, 0.3) is 0 Å².